The third kappa shape index (κ3) is 3.83. The summed E-state index contributed by atoms with van der Waals surface area (Å²) in [6.45, 7) is 3.86. The molecule has 0 saturated heterocycles. The maximum absolute atomic E-state index is 13.0. The van der Waals surface area contributed by atoms with Gasteiger partial charge in [-0.25, -0.2) is 17.5 Å². The molecule has 0 unspecified atom stereocenters. The minimum Gasteiger partial charge on any atom is -0.398 e. The molecule has 0 atom stereocenters. The Hall–Kier alpha value is -1.40. The number of benzene rings is 1. The number of hydrogen-bond donors (Lipinski definition) is 2. The molecule has 0 aromatic heterocycles. The van der Waals surface area contributed by atoms with Gasteiger partial charge in [-0.3, -0.25) is 0 Å². The van der Waals surface area contributed by atoms with E-state index in [1.54, 1.807) is 6.08 Å². The standard InChI is InChI=1S/C11H15FN2O2S/c1-8(2)5-6-14-17(15,16)11-7-9(12)3-4-10(11)13/h3-5,7,14H,6,13H2,1-2H3. The Balaban J connectivity index is 2.97. The lowest BCUT2D eigenvalue weighted by Gasteiger charge is -2.07. The number of nitrogen functional groups attached to an aromatic ring is 1. The number of nitrogens with two attached hydrogens (primary N) is 1. The van der Waals surface area contributed by atoms with Gasteiger partial charge in [-0.2, -0.15) is 0 Å². The number of sulfonamides is 1. The molecule has 0 aliphatic carbocycles. The van der Waals surface area contributed by atoms with E-state index in [-0.39, 0.29) is 17.1 Å². The van der Waals surface area contributed by atoms with E-state index < -0.39 is 15.8 Å². The lowest BCUT2D eigenvalue weighted by Crippen LogP contribution is -2.25. The Bertz CT molecular complexity index is 534. The third-order valence-corrected chi connectivity index (χ3v) is 3.53. The second-order valence-electron chi connectivity index (χ2n) is 3.82. The highest BCUT2D eigenvalue weighted by molar-refractivity contribution is 7.89. The molecule has 0 bridgehead atoms. The van der Waals surface area contributed by atoms with E-state index in [0.29, 0.717) is 0 Å². The van der Waals surface area contributed by atoms with Crippen molar-refractivity contribution < 1.29 is 12.8 Å². The van der Waals surface area contributed by atoms with Crippen LogP contribution in [0, 0.1) is 5.82 Å². The number of hydrogen-bond acceptors (Lipinski definition) is 3. The van der Waals surface area contributed by atoms with Crippen LogP contribution in [-0.2, 0) is 10.0 Å². The number of anilines is 1. The van der Waals surface area contributed by atoms with Gasteiger partial charge in [0.25, 0.3) is 0 Å². The zero-order valence-electron chi connectivity index (χ0n) is 9.70. The molecule has 0 heterocycles. The summed E-state index contributed by atoms with van der Waals surface area (Å²) < 4.78 is 38.9. The molecule has 0 aliphatic heterocycles. The summed E-state index contributed by atoms with van der Waals surface area (Å²) in [4.78, 5) is -0.236. The van der Waals surface area contributed by atoms with E-state index in [4.69, 9.17) is 5.73 Å². The fraction of sp³-hybridized carbons (Fsp3) is 0.273. The normalized spacial score (nSPS) is 11.2. The topological polar surface area (TPSA) is 72.2 Å². The first kappa shape index (κ1) is 13.7. The maximum Gasteiger partial charge on any atom is 0.243 e. The van der Waals surface area contributed by atoms with Gasteiger partial charge in [0.15, 0.2) is 0 Å². The van der Waals surface area contributed by atoms with Crippen LogP contribution in [0.5, 0.6) is 0 Å². The van der Waals surface area contributed by atoms with Crippen LogP contribution in [0.25, 0.3) is 0 Å². The molecule has 3 N–H and O–H groups in total. The molecule has 94 valence electrons. The number of nitrogens with one attached hydrogen (secondary N) is 1. The van der Waals surface area contributed by atoms with Gasteiger partial charge in [0.1, 0.15) is 10.7 Å². The number of rotatable bonds is 4. The zero-order chi connectivity index (χ0) is 13.1. The van der Waals surface area contributed by atoms with Crippen molar-refractivity contribution in [2.45, 2.75) is 18.7 Å². The first-order valence-electron chi connectivity index (χ1n) is 5.01. The van der Waals surface area contributed by atoms with Crippen LogP contribution in [0.2, 0.25) is 0 Å². The predicted octanol–water partition coefficient (Wildman–Crippen LogP) is 1.65. The summed E-state index contributed by atoms with van der Waals surface area (Å²) in [5.41, 5.74) is 6.52. The fourth-order valence-electron chi connectivity index (χ4n) is 1.17. The van der Waals surface area contributed by atoms with Crippen LogP contribution in [0.1, 0.15) is 13.8 Å². The summed E-state index contributed by atoms with van der Waals surface area (Å²) in [7, 11) is -3.77. The van der Waals surface area contributed by atoms with Crippen LogP contribution < -0.4 is 10.5 Å². The molecule has 0 radical (unpaired) electrons. The van der Waals surface area contributed by atoms with Crippen LogP contribution in [0.3, 0.4) is 0 Å². The van der Waals surface area contributed by atoms with Gasteiger partial charge in [0, 0.05) is 6.54 Å². The van der Waals surface area contributed by atoms with Gasteiger partial charge in [-0.15, -0.1) is 0 Å². The van der Waals surface area contributed by atoms with Gasteiger partial charge in [-0.05, 0) is 32.0 Å². The summed E-state index contributed by atoms with van der Waals surface area (Å²) in [6.07, 6.45) is 1.72. The monoisotopic (exact) mass is 258 g/mol. The van der Waals surface area contributed by atoms with Crippen molar-refractivity contribution in [1.29, 1.82) is 0 Å². The molecule has 0 fully saturated rings. The molecule has 0 amide bonds. The summed E-state index contributed by atoms with van der Waals surface area (Å²) in [6, 6.07) is 3.25. The summed E-state index contributed by atoms with van der Waals surface area (Å²) in [5, 5.41) is 0. The van der Waals surface area contributed by atoms with E-state index in [9.17, 15) is 12.8 Å². The maximum atomic E-state index is 13.0. The quantitative estimate of drug-likeness (QED) is 0.637. The fourth-order valence-corrected chi connectivity index (χ4v) is 2.28. The highest BCUT2D eigenvalue weighted by Gasteiger charge is 2.17. The highest BCUT2D eigenvalue weighted by atomic mass is 32.2. The van der Waals surface area contributed by atoms with Crippen molar-refractivity contribution in [1.82, 2.24) is 4.72 Å². The molecule has 17 heavy (non-hydrogen) atoms. The molecule has 1 aromatic carbocycles. The first-order valence-corrected chi connectivity index (χ1v) is 6.49. The van der Waals surface area contributed by atoms with Crippen LogP contribution in [0.4, 0.5) is 10.1 Å². The van der Waals surface area contributed by atoms with E-state index in [2.05, 4.69) is 4.72 Å². The largest absolute Gasteiger partial charge is 0.398 e. The van der Waals surface area contributed by atoms with Crippen molar-refractivity contribution in [3.8, 4) is 0 Å². The molecular weight excluding hydrogens is 243 g/mol. The SMILES string of the molecule is CC(C)=CCNS(=O)(=O)c1cc(F)ccc1N. The Morgan fingerprint density at radius 3 is 2.71 bits per heavy atom. The first-order chi connectivity index (χ1) is 7.83. The average Bonchev–Trinajstić information content (AvgIpc) is 2.20. The number of halogens is 1. The van der Waals surface area contributed by atoms with Crippen LogP contribution in [-0.4, -0.2) is 15.0 Å². The predicted molar refractivity (Wildman–Crippen MR) is 65.4 cm³/mol. The van der Waals surface area contributed by atoms with E-state index in [0.717, 1.165) is 17.7 Å². The Morgan fingerprint density at radius 2 is 2.12 bits per heavy atom. The number of allylic oxidation sites excluding steroid dienone is 1. The molecule has 0 aliphatic rings. The Kier molecular flexibility index (Phi) is 4.25. The molecule has 0 spiro atoms. The highest BCUT2D eigenvalue weighted by Crippen LogP contribution is 2.18. The molecule has 0 saturated carbocycles. The second kappa shape index (κ2) is 5.29. The molecule has 6 heteroatoms. The van der Waals surface area contributed by atoms with Crippen molar-refractivity contribution in [3.63, 3.8) is 0 Å². The molecule has 4 nitrogen and oxygen atoms in total. The Labute approximate surface area is 100 Å². The lowest BCUT2D eigenvalue weighted by molar-refractivity contribution is 0.582. The molecule has 1 aromatic rings. The van der Waals surface area contributed by atoms with E-state index in [1.807, 2.05) is 13.8 Å². The van der Waals surface area contributed by atoms with Crippen LogP contribution >= 0.6 is 0 Å². The van der Waals surface area contributed by atoms with Gasteiger partial charge in [0.2, 0.25) is 10.0 Å². The summed E-state index contributed by atoms with van der Waals surface area (Å²) >= 11 is 0. The minimum atomic E-state index is -3.77. The smallest absolute Gasteiger partial charge is 0.243 e. The van der Waals surface area contributed by atoms with E-state index >= 15 is 0 Å². The van der Waals surface area contributed by atoms with E-state index in [1.165, 1.54) is 6.07 Å². The van der Waals surface area contributed by atoms with Gasteiger partial charge in [-0.1, -0.05) is 11.6 Å². The molecule has 1 rings (SSSR count). The Morgan fingerprint density at radius 1 is 1.47 bits per heavy atom. The molecular formula is C11H15FN2O2S. The van der Waals surface area contributed by atoms with Gasteiger partial charge >= 0.3 is 0 Å². The van der Waals surface area contributed by atoms with Crippen molar-refractivity contribution in [2.24, 2.45) is 0 Å². The lowest BCUT2D eigenvalue weighted by atomic mass is 10.3. The zero-order valence-corrected chi connectivity index (χ0v) is 10.5. The van der Waals surface area contributed by atoms with Crippen molar-refractivity contribution >= 4 is 15.7 Å². The van der Waals surface area contributed by atoms with Gasteiger partial charge in [0.05, 0.1) is 5.69 Å². The van der Waals surface area contributed by atoms with Crippen LogP contribution in [0.15, 0.2) is 34.7 Å². The average molecular weight is 258 g/mol. The van der Waals surface area contributed by atoms with Gasteiger partial charge < -0.3 is 5.73 Å². The van der Waals surface area contributed by atoms with Crippen molar-refractivity contribution in [3.05, 3.63) is 35.7 Å². The summed E-state index contributed by atoms with van der Waals surface area (Å²) in [5.74, 6) is -0.637. The third-order valence-electron chi connectivity index (χ3n) is 2.05. The van der Waals surface area contributed by atoms with Crippen molar-refractivity contribution in [2.75, 3.05) is 12.3 Å². The second-order valence-corrected chi connectivity index (χ2v) is 5.55. The minimum absolute atomic E-state index is 0.0242.